The van der Waals surface area contributed by atoms with Crippen LogP contribution in [0.5, 0.6) is 5.75 Å². The van der Waals surface area contributed by atoms with Crippen LogP contribution in [0.1, 0.15) is 19.4 Å². The summed E-state index contributed by atoms with van der Waals surface area (Å²) in [5, 5.41) is 3.77. The maximum atomic E-state index is 12.8. The number of carbonyl (C=O) groups excluding carboxylic acids is 1. The fourth-order valence-electron chi connectivity index (χ4n) is 3.30. The van der Waals surface area contributed by atoms with Gasteiger partial charge in [-0.15, -0.1) is 0 Å². The number of methoxy groups -OCH3 is 1. The smallest absolute Gasteiger partial charge is 0.243 e. The zero-order valence-corrected chi connectivity index (χ0v) is 17.5. The van der Waals surface area contributed by atoms with Crippen molar-refractivity contribution in [1.29, 1.82) is 0 Å². The SMILES string of the molecule is CCN(CC)S(=O)(=O)c1ccc(OC)c(NC(=O)Cc2c[nH]c3ccccc23)c1. The molecule has 154 valence electrons. The number of amides is 1. The predicted octanol–water partition coefficient (Wildman–Crippen LogP) is 3.39. The molecular formula is C21H25N3O4S. The molecule has 0 radical (unpaired) electrons. The number of aromatic nitrogens is 1. The van der Waals surface area contributed by atoms with Crippen LogP contribution in [-0.4, -0.2) is 43.8 Å². The second-order valence-corrected chi connectivity index (χ2v) is 8.47. The van der Waals surface area contributed by atoms with Gasteiger partial charge in [0, 0.05) is 30.2 Å². The standard InChI is InChI=1S/C21H25N3O4S/c1-4-24(5-2)29(26,27)16-10-11-20(28-3)19(13-16)23-21(25)12-15-14-22-18-9-7-6-8-17(15)18/h6-11,13-14,22H,4-5,12H2,1-3H3,(H,23,25). The fourth-order valence-corrected chi connectivity index (χ4v) is 4.79. The quantitative estimate of drug-likeness (QED) is 0.590. The summed E-state index contributed by atoms with van der Waals surface area (Å²) >= 11 is 0. The van der Waals surface area contributed by atoms with Crippen molar-refractivity contribution in [2.24, 2.45) is 0 Å². The number of para-hydroxylation sites is 1. The van der Waals surface area contributed by atoms with Crippen LogP contribution in [0.4, 0.5) is 5.69 Å². The number of carbonyl (C=O) groups is 1. The number of nitrogens with one attached hydrogen (secondary N) is 2. The first kappa shape index (κ1) is 20.9. The van der Waals surface area contributed by atoms with Crippen molar-refractivity contribution in [2.75, 3.05) is 25.5 Å². The van der Waals surface area contributed by atoms with E-state index in [9.17, 15) is 13.2 Å². The second-order valence-electron chi connectivity index (χ2n) is 6.54. The highest BCUT2D eigenvalue weighted by Crippen LogP contribution is 2.29. The van der Waals surface area contributed by atoms with Crippen molar-refractivity contribution in [3.8, 4) is 5.75 Å². The molecule has 1 aromatic heterocycles. The molecule has 3 aromatic rings. The van der Waals surface area contributed by atoms with Gasteiger partial charge >= 0.3 is 0 Å². The molecule has 8 heteroatoms. The van der Waals surface area contributed by atoms with E-state index in [1.807, 2.05) is 30.5 Å². The molecule has 0 saturated carbocycles. The van der Waals surface area contributed by atoms with Gasteiger partial charge in [-0.2, -0.15) is 4.31 Å². The molecule has 0 saturated heterocycles. The van der Waals surface area contributed by atoms with E-state index in [1.54, 1.807) is 19.9 Å². The Hall–Kier alpha value is -2.84. The van der Waals surface area contributed by atoms with Crippen LogP contribution >= 0.6 is 0 Å². The van der Waals surface area contributed by atoms with E-state index in [-0.39, 0.29) is 17.2 Å². The lowest BCUT2D eigenvalue weighted by Gasteiger charge is -2.19. The molecule has 3 rings (SSSR count). The number of aromatic amines is 1. The second kappa shape index (κ2) is 8.67. The van der Waals surface area contributed by atoms with Crippen molar-refractivity contribution < 1.29 is 17.9 Å². The number of anilines is 1. The lowest BCUT2D eigenvalue weighted by Crippen LogP contribution is -2.30. The summed E-state index contributed by atoms with van der Waals surface area (Å²) in [5.41, 5.74) is 2.15. The van der Waals surface area contributed by atoms with Crippen LogP contribution in [0.15, 0.2) is 53.6 Å². The van der Waals surface area contributed by atoms with Gasteiger partial charge in [-0.05, 0) is 29.8 Å². The molecule has 29 heavy (non-hydrogen) atoms. The lowest BCUT2D eigenvalue weighted by atomic mass is 10.1. The molecular weight excluding hydrogens is 390 g/mol. The monoisotopic (exact) mass is 415 g/mol. The minimum absolute atomic E-state index is 0.115. The van der Waals surface area contributed by atoms with Crippen LogP contribution in [-0.2, 0) is 21.2 Å². The van der Waals surface area contributed by atoms with E-state index >= 15 is 0 Å². The van der Waals surface area contributed by atoms with Crippen LogP contribution in [0.2, 0.25) is 0 Å². The number of nitrogens with zero attached hydrogens (tertiary/aromatic N) is 1. The van der Waals surface area contributed by atoms with Crippen LogP contribution in [0.3, 0.4) is 0 Å². The summed E-state index contributed by atoms with van der Waals surface area (Å²) in [6.45, 7) is 4.31. The summed E-state index contributed by atoms with van der Waals surface area (Å²) in [6, 6.07) is 12.2. The molecule has 0 aliphatic carbocycles. The molecule has 2 N–H and O–H groups in total. The van der Waals surface area contributed by atoms with E-state index in [0.717, 1.165) is 16.5 Å². The number of rotatable bonds is 8. The number of sulfonamides is 1. The average Bonchev–Trinajstić information content (AvgIpc) is 3.11. The number of hydrogen-bond donors (Lipinski definition) is 2. The highest BCUT2D eigenvalue weighted by Gasteiger charge is 2.23. The minimum atomic E-state index is -3.64. The zero-order valence-electron chi connectivity index (χ0n) is 16.7. The molecule has 7 nitrogen and oxygen atoms in total. The maximum absolute atomic E-state index is 12.8. The first-order chi connectivity index (χ1) is 13.9. The summed E-state index contributed by atoms with van der Waals surface area (Å²) in [7, 11) is -2.17. The van der Waals surface area contributed by atoms with E-state index in [2.05, 4.69) is 10.3 Å². The molecule has 1 heterocycles. The van der Waals surface area contributed by atoms with Gasteiger partial charge in [0.15, 0.2) is 0 Å². The van der Waals surface area contributed by atoms with Gasteiger partial charge in [0.2, 0.25) is 15.9 Å². The molecule has 0 atom stereocenters. The Morgan fingerprint density at radius 3 is 2.55 bits per heavy atom. The summed E-state index contributed by atoms with van der Waals surface area (Å²) in [6.07, 6.45) is 1.96. The zero-order chi connectivity index (χ0) is 21.0. The first-order valence-electron chi connectivity index (χ1n) is 9.43. The number of hydrogen-bond acceptors (Lipinski definition) is 4. The average molecular weight is 416 g/mol. The molecule has 0 aliphatic heterocycles. The number of H-pyrrole nitrogens is 1. The van der Waals surface area contributed by atoms with Crippen molar-refractivity contribution in [2.45, 2.75) is 25.2 Å². The summed E-state index contributed by atoms with van der Waals surface area (Å²) in [4.78, 5) is 15.9. The lowest BCUT2D eigenvalue weighted by molar-refractivity contribution is -0.115. The molecule has 0 unspecified atom stereocenters. The van der Waals surface area contributed by atoms with Gasteiger partial charge in [0.25, 0.3) is 0 Å². The normalized spacial score (nSPS) is 11.7. The van der Waals surface area contributed by atoms with E-state index in [0.29, 0.717) is 24.5 Å². The topological polar surface area (TPSA) is 91.5 Å². The summed E-state index contributed by atoms with van der Waals surface area (Å²) in [5.74, 6) is 0.140. The van der Waals surface area contributed by atoms with Crippen LogP contribution in [0, 0.1) is 0 Å². The third-order valence-corrected chi connectivity index (χ3v) is 6.86. The number of fused-ring (bicyclic) bond motifs is 1. The van der Waals surface area contributed by atoms with Crippen molar-refractivity contribution in [3.05, 3.63) is 54.2 Å². The number of benzene rings is 2. The predicted molar refractivity (Wildman–Crippen MR) is 114 cm³/mol. The third kappa shape index (κ3) is 4.28. The van der Waals surface area contributed by atoms with Gasteiger partial charge in [0.1, 0.15) is 5.75 Å². The number of ether oxygens (including phenoxy) is 1. The highest BCUT2D eigenvalue weighted by molar-refractivity contribution is 7.89. The van der Waals surface area contributed by atoms with E-state index < -0.39 is 10.0 Å². The Morgan fingerprint density at radius 2 is 1.86 bits per heavy atom. The Bertz CT molecular complexity index is 1120. The van der Waals surface area contributed by atoms with Gasteiger partial charge in [-0.25, -0.2) is 8.42 Å². The Balaban J connectivity index is 1.86. The van der Waals surface area contributed by atoms with E-state index in [1.165, 1.54) is 23.5 Å². The molecule has 2 aromatic carbocycles. The molecule has 0 spiro atoms. The van der Waals surface area contributed by atoms with Gasteiger partial charge in [0.05, 0.1) is 24.1 Å². The van der Waals surface area contributed by atoms with Crippen LogP contribution in [0.25, 0.3) is 10.9 Å². The van der Waals surface area contributed by atoms with Crippen molar-refractivity contribution in [3.63, 3.8) is 0 Å². The molecule has 0 fully saturated rings. The molecule has 1 amide bonds. The Labute approximate surface area is 170 Å². The highest BCUT2D eigenvalue weighted by atomic mass is 32.2. The van der Waals surface area contributed by atoms with Gasteiger partial charge in [-0.3, -0.25) is 4.79 Å². The molecule has 0 aliphatic rings. The van der Waals surface area contributed by atoms with Crippen molar-refractivity contribution >= 4 is 32.5 Å². The van der Waals surface area contributed by atoms with Gasteiger partial charge < -0.3 is 15.0 Å². The Kier molecular flexibility index (Phi) is 6.24. The summed E-state index contributed by atoms with van der Waals surface area (Å²) < 4.78 is 32.3. The van der Waals surface area contributed by atoms with Crippen LogP contribution < -0.4 is 10.1 Å². The van der Waals surface area contributed by atoms with Gasteiger partial charge in [-0.1, -0.05) is 32.0 Å². The van der Waals surface area contributed by atoms with Crippen molar-refractivity contribution in [1.82, 2.24) is 9.29 Å². The minimum Gasteiger partial charge on any atom is -0.495 e. The first-order valence-corrected chi connectivity index (χ1v) is 10.9. The van der Waals surface area contributed by atoms with E-state index in [4.69, 9.17) is 4.74 Å². The Morgan fingerprint density at radius 1 is 1.14 bits per heavy atom. The largest absolute Gasteiger partial charge is 0.495 e. The third-order valence-electron chi connectivity index (χ3n) is 4.81. The fraction of sp³-hybridized carbons (Fsp3) is 0.286. The maximum Gasteiger partial charge on any atom is 0.243 e. The molecule has 0 bridgehead atoms.